The van der Waals surface area contributed by atoms with Gasteiger partial charge in [-0.3, -0.25) is 9.58 Å². The Morgan fingerprint density at radius 3 is 2.73 bits per heavy atom. The number of alkyl halides is 3. The molecule has 2 fully saturated rings. The smallest absolute Gasteiger partial charge is 0.476 e. The van der Waals surface area contributed by atoms with Crippen LogP contribution in [-0.4, -0.2) is 68.8 Å². The zero-order valence-electron chi connectivity index (χ0n) is 18.1. The van der Waals surface area contributed by atoms with E-state index >= 15 is 0 Å². The first kappa shape index (κ1) is 24.9. The van der Waals surface area contributed by atoms with E-state index in [2.05, 4.69) is 21.2 Å². The number of rotatable bonds is 6. The van der Waals surface area contributed by atoms with Crippen molar-refractivity contribution in [3.63, 3.8) is 0 Å². The molecule has 0 bridgehead atoms. The van der Waals surface area contributed by atoms with Gasteiger partial charge in [-0.2, -0.15) is 18.3 Å². The lowest BCUT2D eigenvalue weighted by Crippen LogP contribution is -2.64. The van der Waals surface area contributed by atoms with Crippen molar-refractivity contribution >= 4 is 5.97 Å². The van der Waals surface area contributed by atoms with Crippen LogP contribution in [0.25, 0.3) is 0 Å². The van der Waals surface area contributed by atoms with E-state index < -0.39 is 18.0 Å². The quantitative estimate of drug-likeness (QED) is 0.644. The van der Waals surface area contributed by atoms with E-state index in [0.29, 0.717) is 12.5 Å². The molecule has 12 heteroatoms. The Kier molecular flexibility index (Phi) is 7.90. The van der Waals surface area contributed by atoms with Gasteiger partial charge in [0.1, 0.15) is 0 Å². The average molecular weight is 474 g/mol. The molecule has 1 atom stereocenters. The molecule has 33 heavy (non-hydrogen) atoms. The van der Waals surface area contributed by atoms with Gasteiger partial charge < -0.3 is 14.6 Å². The third-order valence-electron chi connectivity index (χ3n) is 5.52. The van der Waals surface area contributed by atoms with E-state index in [4.69, 9.17) is 19.4 Å². The molecule has 182 valence electrons. The third-order valence-corrected chi connectivity index (χ3v) is 5.52. The summed E-state index contributed by atoms with van der Waals surface area (Å²) in [5, 5.41) is 11.3. The van der Waals surface area contributed by atoms with Crippen molar-refractivity contribution in [3.05, 3.63) is 42.1 Å². The molecule has 8 nitrogen and oxygen atoms in total. The zero-order chi connectivity index (χ0) is 24.1. The molecule has 0 amide bonds. The number of pyridine rings is 1. The molecule has 1 N–H and O–H groups in total. The largest absolute Gasteiger partial charge is 0.490 e. The molecule has 2 aromatic rings. The van der Waals surface area contributed by atoms with Crippen LogP contribution in [0.5, 0.6) is 5.88 Å². The first-order valence-corrected chi connectivity index (χ1v) is 10.4. The van der Waals surface area contributed by atoms with Crippen molar-refractivity contribution in [2.45, 2.75) is 37.6 Å². The minimum atomic E-state index is -5.08. The van der Waals surface area contributed by atoms with Gasteiger partial charge in [0.25, 0.3) is 0 Å². The van der Waals surface area contributed by atoms with Gasteiger partial charge in [0.2, 0.25) is 5.88 Å². The van der Waals surface area contributed by atoms with Gasteiger partial charge in [0, 0.05) is 51.2 Å². The van der Waals surface area contributed by atoms with Crippen LogP contribution < -0.4 is 4.74 Å². The number of carbonyl (C=O) groups is 1. The number of aryl methyl sites for hydroxylation is 1. The van der Waals surface area contributed by atoms with Crippen molar-refractivity contribution in [2.75, 3.05) is 26.3 Å². The van der Waals surface area contributed by atoms with Crippen LogP contribution in [0.1, 0.15) is 24.8 Å². The fraction of sp³-hybridized carbons (Fsp3) is 0.571. The second-order valence-corrected chi connectivity index (χ2v) is 8.29. The normalized spacial score (nSPS) is 20.0. The van der Waals surface area contributed by atoms with E-state index in [-0.39, 0.29) is 11.5 Å². The van der Waals surface area contributed by atoms with Crippen molar-refractivity contribution in [3.8, 4) is 5.88 Å². The predicted octanol–water partition coefficient (Wildman–Crippen LogP) is 3.04. The molecule has 4 rings (SSSR count). The molecule has 2 aromatic heterocycles. The second kappa shape index (κ2) is 10.5. The highest BCUT2D eigenvalue weighted by Crippen LogP contribution is 2.38. The van der Waals surface area contributed by atoms with E-state index in [9.17, 15) is 17.6 Å². The number of likely N-dealkylation sites (tertiary alicyclic amines) is 1. The predicted molar refractivity (Wildman–Crippen MR) is 108 cm³/mol. The standard InChI is InChI=1S/C19H25FN4O2.C2HF3O2/c1-23-11-16(10-22-23)12-24-13-19(14-24)9-15(5-8-26-19)4-7-25-18-17(20)3-2-6-21-18;3-2(4,5)1(6)7/h2-3,6,10-11,15H,4-5,7-9,12-14H2,1H3;(H,6,7). The van der Waals surface area contributed by atoms with Gasteiger partial charge in [-0.15, -0.1) is 0 Å². The van der Waals surface area contributed by atoms with Crippen LogP contribution in [0.2, 0.25) is 0 Å². The van der Waals surface area contributed by atoms with E-state index in [0.717, 1.165) is 45.5 Å². The summed E-state index contributed by atoms with van der Waals surface area (Å²) >= 11 is 0. The highest BCUT2D eigenvalue weighted by molar-refractivity contribution is 5.73. The summed E-state index contributed by atoms with van der Waals surface area (Å²) in [4.78, 5) is 15.2. The maximum Gasteiger partial charge on any atom is 0.490 e. The Hall–Kier alpha value is -2.73. The Morgan fingerprint density at radius 1 is 1.39 bits per heavy atom. The van der Waals surface area contributed by atoms with Gasteiger partial charge in [-0.25, -0.2) is 14.2 Å². The molecule has 0 aromatic carbocycles. The van der Waals surface area contributed by atoms with E-state index in [1.807, 2.05) is 17.9 Å². The summed E-state index contributed by atoms with van der Waals surface area (Å²) < 4.78 is 58.7. The molecular formula is C21H26F4N4O4. The number of halogens is 4. The molecule has 2 aliphatic heterocycles. The molecule has 0 aliphatic carbocycles. The summed E-state index contributed by atoms with van der Waals surface area (Å²) in [6, 6.07) is 2.94. The highest BCUT2D eigenvalue weighted by atomic mass is 19.4. The summed E-state index contributed by atoms with van der Waals surface area (Å²) in [6.07, 6.45) is 3.44. The van der Waals surface area contributed by atoms with Crippen LogP contribution in [0, 0.1) is 11.7 Å². The minimum Gasteiger partial charge on any atom is -0.476 e. The lowest BCUT2D eigenvalue weighted by atomic mass is 9.79. The minimum absolute atomic E-state index is 0.0125. The lowest BCUT2D eigenvalue weighted by Gasteiger charge is -2.53. The molecular weight excluding hydrogens is 448 g/mol. The highest BCUT2D eigenvalue weighted by Gasteiger charge is 2.47. The molecule has 1 spiro atoms. The van der Waals surface area contributed by atoms with E-state index in [1.54, 1.807) is 12.3 Å². The monoisotopic (exact) mass is 474 g/mol. The fourth-order valence-corrected chi connectivity index (χ4v) is 4.09. The molecule has 2 saturated heterocycles. The van der Waals surface area contributed by atoms with Crippen molar-refractivity contribution < 1.29 is 36.9 Å². The van der Waals surface area contributed by atoms with Crippen molar-refractivity contribution in [2.24, 2.45) is 13.0 Å². The van der Waals surface area contributed by atoms with Gasteiger partial charge in [-0.05, 0) is 37.3 Å². The molecule has 4 heterocycles. The lowest BCUT2D eigenvalue weighted by molar-refractivity contribution is -0.192. The second-order valence-electron chi connectivity index (χ2n) is 8.29. The first-order valence-electron chi connectivity index (χ1n) is 10.4. The Balaban J connectivity index is 0.000000383. The van der Waals surface area contributed by atoms with Gasteiger partial charge >= 0.3 is 12.1 Å². The fourth-order valence-electron chi connectivity index (χ4n) is 4.09. The van der Waals surface area contributed by atoms with Crippen molar-refractivity contribution in [1.29, 1.82) is 0 Å². The number of nitrogens with zero attached hydrogens (tertiary/aromatic N) is 4. The maximum atomic E-state index is 13.5. The number of ether oxygens (including phenoxy) is 2. The van der Waals surface area contributed by atoms with Crippen LogP contribution in [0.4, 0.5) is 17.6 Å². The summed E-state index contributed by atoms with van der Waals surface area (Å²) in [5.41, 5.74) is 1.22. The van der Waals surface area contributed by atoms with Gasteiger partial charge in [0.15, 0.2) is 5.82 Å². The van der Waals surface area contributed by atoms with Gasteiger partial charge in [0.05, 0.1) is 18.4 Å². The third kappa shape index (κ3) is 7.13. The van der Waals surface area contributed by atoms with E-state index in [1.165, 1.54) is 11.6 Å². The number of hydrogen-bond donors (Lipinski definition) is 1. The summed E-state index contributed by atoms with van der Waals surface area (Å²) in [6.45, 7) is 4.14. The summed E-state index contributed by atoms with van der Waals surface area (Å²) in [7, 11) is 1.94. The first-order chi connectivity index (χ1) is 15.6. The number of carboxylic acid groups (broad SMARTS) is 1. The number of hydrogen-bond acceptors (Lipinski definition) is 6. The topological polar surface area (TPSA) is 89.7 Å². The number of aromatic nitrogens is 3. The number of aliphatic carboxylic acids is 1. The van der Waals surface area contributed by atoms with Gasteiger partial charge in [-0.1, -0.05) is 0 Å². The Labute approximate surface area is 188 Å². The van der Waals surface area contributed by atoms with Crippen LogP contribution in [0.3, 0.4) is 0 Å². The number of carboxylic acids is 1. The SMILES string of the molecule is Cn1cc(CN2CC3(CC(CCOc4ncccc4F)CCO3)C2)cn1.O=C(O)C(F)(F)F. The van der Waals surface area contributed by atoms with Crippen LogP contribution in [-0.2, 0) is 23.1 Å². The Morgan fingerprint density at radius 2 is 2.12 bits per heavy atom. The van der Waals surface area contributed by atoms with Crippen molar-refractivity contribution in [1.82, 2.24) is 19.7 Å². The maximum absolute atomic E-state index is 13.5. The average Bonchev–Trinajstić information content (AvgIpc) is 3.13. The molecule has 1 unspecified atom stereocenters. The Bertz CT molecular complexity index is 931. The van der Waals surface area contributed by atoms with Crippen LogP contribution in [0.15, 0.2) is 30.7 Å². The molecule has 2 aliphatic rings. The summed E-state index contributed by atoms with van der Waals surface area (Å²) in [5.74, 6) is -2.51. The molecule has 0 saturated carbocycles. The van der Waals surface area contributed by atoms with Crippen LogP contribution >= 0.6 is 0 Å². The zero-order valence-corrected chi connectivity index (χ0v) is 18.1. The molecule has 0 radical (unpaired) electrons.